The number of unbranched alkanes of at least 4 members (excludes halogenated alkanes) is 3. The van der Waals surface area contributed by atoms with E-state index in [1.165, 1.54) is 25.0 Å². The predicted octanol–water partition coefficient (Wildman–Crippen LogP) is 2.73. The summed E-state index contributed by atoms with van der Waals surface area (Å²) < 4.78 is 0. The number of carbonyl (C=O) groups is 1. The van der Waals surface area contributed by atoms with Gasteiger partial charge in [0.2, 0.25) is 5.91 Å². The highest BCUT2D eigenvalue weighted by Gasteiger charge is 2.14. The van der Waals surface area contributed by atoms with Gasteiger partial charge in [0.25, 0.3) is 0 Å². The molecule has 19 heavy (non-hydrogen) atoms. The molecule has 1 aromatic carbocycles. The first-order valence-electron chi connectivity index (χ1n) is 6.83. The molecular formula is C15H24N2OS. The van der Waals surface area contributed by atoms with Crippen LogP contribution in [0.2, 0.25) is 0 Å². The zero-order valence-corrected chi connectivity index (χ0v) is 12.4. The van der Waals surface area contributed by atoms with Crippen LogP contribution >= 0.6 is 11.8 Å². The first-order valence-corrected chi connectivity index (χ1v) is 8.22. The number of rotatable bonds is 9. The van der Waals surface area contributed by atoms with Crippen molar-refractivity contribution in [2.45, 2.75) is 31.7 Å². The SMILES string of the molecule is CSCCCCCCNC(=O)C(N)c1ccccc1. The van der Waals surface area contributed by atoms with Crippen molar-refractivity contribution >= 4 is 17.7 Å². The molecule has 0 fully saturated rings. The Morgan fingerprint density at radius 1 is 1.21 bits per heavy atom. The molecule has 0 saturated carbocycles. The van der Waals surface area contributed by atoms with Crippen LogP contribution in [0.4, 0.5) is 0 Å². The van der Waals surface area contributed by atoms with Crippen molar-refractivity contribution in [2.75, 3.05) is 18.6 Å². The van der Waals surface area contributed by atoms with Crippen molar-refractivity contribution in [3.8, 4) is 0 Å². The molecule has 1 aromatic rings. The number of nitrogens with two attached hydrogens (primary N) is 1. The summed E-state index contributed by atoms with van der Waals surface area (Å²) >= 11 is 1.89. The highest BCUT2D eigenvalue weighted by atomic mass is 32.2. The number of benzene rings is 1. The minimum atomic E-state index is -0.558. The smallest absolute Gasteiger partial charge is 0.241 e. The van der Waals surface area contributed by atoms with E-state index in [0.717, 1.165) is 18.5 Å². The van der Waals surface area contributed by atoms with E-state index in [1.54, 1.807) is 0 Å². The predicted molar refractivity (Wildman–Crippen MR) is 83.2 cm³/mol. The maximum absolute atomic E-state index is 11.8. The van der Waals surface area contributed by atoms with Crippen LogP contribution in [0.5, 0.6) is 0 Å². The topological polar surface area (TPSA) is 55.1 Å². The number of thioether (sulfide) groups is 1. The summed E-state index contributed by atoms with van der Waals surface area (Å²) in [5.41, 5.74) is 6.77. The molecule has 3 nitrogen and oxygen atoms in total. The second-order valence-electron chi connectivity index (χ2n) is 4.59. The van der Waals surface area contributed by atoms with Crippen LogP contribution in [0.15, 0.2) is 30.3 Å². The molecule has 0 aliphatic carbocycles. The first kappa shape index (κ1) is 16.1. The molecule has 0 bridgehead atoms. The van der Waals surface area contributed by atoms with E-state index < -0.39 is 6.04 Å². The highest BCUT2D eigenvalue weighted by molar-refractivity contribution is 7.98. The molecular weight excluding hydrogens is 256 g/mol. The van der Waals surface area contributed by atoms with Gasteiger partial charge in [0.05, 0.1) is 0 Å². The Bertz CT molecular complexity index is 356. The highest BCUT2D eigenvalue weighted by Crippen LogP contribution is 2.09. The third-order valence-electron chi connectivity index (χ3n) is 3.02. The number of carbonyl (C=O) groups excluding carboxylic acids is 1. The number of hydrogen-bond donors (Lipinski definition) is 2. The van der Waals surface area contributed by atoms with Crippen LogP contribution < -0.4 is 11.1 Å². The van der Waals surface area contributed by atoms with E-state index in [-0.39, 0.29) is 5.91 Å². The van der Waals surface area contributed by atoms with Crippen molar-refractivity contribution in [3.05, 3.63) is 35.9 Å². The van der Waals surface area contributed by atoms with Crippen molar-refractivity contribution in [2.24, 2.45) is 5.73 Å². The fourth-order valence-corrected chi connectivity index (χ4v) is 2.35. The summed E-state index contributed by atoms with van der Waals surface area (Å²) in [6.45, 7) is 0.721. The van der Waals surface area contributed by atoms with Gasteiger partial charge >= 0.3 is 0 Å². The number of nitrogens with one attached hydrogen (secondary N) is 1. The molecule has 1 rings (SSSR count). The summed E-state index contributed by atoms with van der Waals surface area (Å²) in [4.78, 5) is 11.8. The third-order valence-corrected chi connectivity index (χ3v) is 3.71. The second-order valence-corrected chi connectivity index (χ2v) is 5.57. The normalized spacial score (nSPS) is 12.1. The van der Waals surface area contributed by atoms with E-state index in [1.807, 2.05) is 42.1 Å². The van der Waals surface area contributed by atoms with Gasteiger partial charge in [0.1, 0.15) is 6.04 Å². The lowest BCUT2D eigenvalue weighted by atomic mass is 10.1. The average Bonchev–Trinajstić information content (AvgIpc) is 2.46. The van der Waals surface area contributed by atoms with Gasteiger partial charge in [-0.3, -0.25) is 4.79 Å². The maximum atomic E-state index is 11.8. The Kier molecular flexibility index (Phi) is 8.34. The molecule has 1 amide bonds. The van der Waals surface area contributed by atoms with E-state index in [0.29, 0.717) is 0 Å². The molecule has 1 unspecified atom stereocenters. The summed E-state index contributed by atoms with van der Waals surface area (Å²) in [7, 11) is 0. The van der Waals surface area contributed by atoms with Crippen LogP contribution in [0.1, 0.15) is 37.3 Å². The molecule has 0 aliphatic heterocycles. The molecule has 106 valence electrons. The molecule has 0 saturated heterocycles. The first-order chi connectivity index (χ1) is 9.25. The zero-order chi connectivity index (χ0) is 13.9. The quantitative estimate of drug-likeness (QED) is 0.684. The summed E-state index contributed by atoms with van der Waals surface area (Å²) in [5, 5.41) is 2.90. The zero-order valence-electron chi connectivity index (χ0n) is 11.6. The van der Waals surface area contributed by atoms with Crippen LogP contribution in [0.3, 0.4) is 0 Å². The lowest BCUT2D eigenvalue weighted by Crippen LogP contribution is -2.34. The fraction of sp³-hybridized carbons (Fsp3) is 0.533. The summed E-state index contributed by atoms with van der Waals surface area (Å²) in [6.07, 6.45) is 6.83. The Morgan fingerprint density at radius 2 is 1.89 bits per heavy atom. The third kappa shape index (κ3) is 6.64. The standard InChI is InChI=1S/C15H24N2OS/c1-19-12-8-3-2-7-11-17-15(18)14(16)13-9-5-4-6-10-13/h4-6,9-10,14H,2-3,7-8,11-12,16H2,1H3,(H,17,18). The molecule has 4 heteroatoms. The molecule has 0 radical (unpaired) electrons. The van der Waals surface area contributed by atoms with Gasteiger partial charge in [-0.25, -0.2) is 0 Å². The Morgan fingerprint density at radius 3 is 2.58 bits per heavy atom. The van der Waals surface area contributed by atoms with E-state index in [9.17, 15) is 4.79 Å². The van der Waals surface area contributed by atoms with Crippen LogP contribution in [-0.2, 0) is 4.79 Å². The molecule has 0 spiro atoms. The largest absolute Gasteiger partial charge is 0.354 e. The van der Waals surface area contributed by atoms with Gasteiger partial charge in [-0.1, -0.05) is 43.2 Å². The minimum Gasteiger partial charge on any atom is -0.354 e. The lowest BCUT2D eigenvalue weighted by molar-refractivity contribution is -0.122. The Balaban J connectivity index is 2.14. The van der Waals surface area contributed by atoms with Crippen molar-refractivity contribution in [1.29, 1.82) is 0 Å². The maximum Gasteiger partial charge on any atom is 0.241 e. The van der Waals surface area contributed by atoms with Crippen molar-refractivity contribution < 1.29 is 4.79 Å². The van der Waals surface area contributed by atoms with Crippen molar-refractivity contribution in [1.82, 2.24) is 5.32 Å². The van der Waals surface area contributed by atoms with Crippen LogP contribution in [0, 0.1) is 0 Å². The van der Waals surface area contributed by atoms with Gasteiger partial charge < -0.3 is 11.1 Å². The number of hydrogen-bond acceptors (Lipinski definition) is 3. The monoisotopic (exact) mass is 280 g/mol. The average molecular weight is 280 g/mol. The van der Waals surface area contributed by atoms with Crippen LogP contribution in [0.25, 0.3) is 0 Å². The molecule has 0 aliphatic rings. The Labute approximate surface area is 120 Å². The molecule has 0 aromatic heterocycles. The van der Waals surface area contributed by atoms with Crippen LogP contribution in [-0.4, -0.2) is 24.5 Å². The lowest BCUT2D eigenvalue weighted by Gasteiger charge is -2.12. The fourth-order valence-electron chi connectivity index (χ4n) is 1.86. The second kappa shape index (κ2) is 9.87. The van der Waals surface area contributed by atoms with Gasteiger partial charge in [0, 0.05) is 6.54 Å². The summed E-state index contributed by atoms with van der Waals surface area (Å²) in [6, 6.07) is 8.92. The van der Waals surface area contributed by atoms with E-state index >= 15 is 0 Å². The van der Waals surface area contributed by atoms with E-state index in [4.69, 9.17) is 5.73 Å². The van der Waals surface area contributed by atoms with Gasteiger partial charge in [-0.15, -0.1) is 0 Å². The molecule has 3 N–H and O–H groups in total. The van der Waals surface area contributed by atoms with Crippen molar-refractivity contribution in [3.63, 3.8) is 0 Å². The van der Waals surface area contributed by atoms with E-state index in [2.05, 4.69) is 11.6 Å². The Hall–Kier alpha value is -1.00. The van der Waals surface area contributed by atoms with Gasteiger partial charge in [-0.05, 0) is 30.4 Å². The molecule has 1 atom stereocenters. The molecule has 0 heterocycles. The summed E-state index contributed by atoms with van der Waals surface area (Å²) in [5.74, 6) is 1.14. The van der Waals surface area contributed by atoms with Gasteiger partial charge in [0.15, 0.2) is 0 Å². The number of amides is 1. The minimum absolute atomic E-state index is 0.0877. The van der Waals surface area contributed by atoms with Gasteiger partial charge in [-0.2, -0.15) is 11.8 Å².